The van der Waals surface area contributed by atoms with Crippen LogP contribution >= 0.6 is 0 Å². The molecule has 1 aromatic heterocycles. The molecule has 4 aliphatic rings. The lowest BCUT2D eigenvalue weighted by Gasteiger charge is -2.36. The molecule has 2 aliphatic carbocycles. The number of aryl methyl sites for hydroxylation is 1. The van der Waals surface area contributed by atoms with Crippen LogP contribution in [0.15, 0.2) is 43.1 Å². The summed E-state index contributed by atoms with van der Waals surface area (Å²) < 4.78 is 39.1. The van der Waals surface area contributed by atoms with Crippen LogP contribution in [0.4, 0.5) is 4.79 Å². The van der Waals surface area contributed by atoms with Crippen LogP contribution < -0.4 is 20.1 Å². The van der Waals surface area contributed by atoms with Crippen molar-refractivity contribution in [2.75, 3.05) is 6.61 Å². The number of nitrogens with zero attached hydrogens (tertiary/aromatic N) is 2. The Bertz CT molecular complexity index is 1810. The monoisotopic (exact) mass is 711 g/mol. The van der Waals surface area contributed by atoms with E-state index in [9.17, 15) is 32.7 Å². The number of fused-ring (bicyclic) bond motifs is 3. The minimum Gasteiger partial charge on any atom is -0.469 e. The average molecular weight is 712 g/mol. The van der Waals surface area contributed by atoms with Crippen LogP contribution in [0.2, 0.25) is 0 Å². The zero-order valence-electron chi connectivity index (χ0n) is 28.5. The summed E-state index contributed by atoms with van der Waals surface area (Å²) in [7, 11) is -3.93. The molecule has 6 atom stereocenters. The Morgan fingerprint density at radius 1 is 1.16 bits per heavy atom. The first-order chi connectivity index (χ1) is 23.6. The molecule has 1 saturated heterocycles. The summed E-state index contributed by atoms with van der Waals surface area (Å²) in [5, 5.41) is 18.0. The second kappa shape index (κ2) is 13.5. The summed E-state index contributed by atoms with van der Waals surface area (Å²) in [6.45, 7) is 9.06. The van der Waals surface area contributed by atoms with Gasteiger partial charge in [0.05, 0.1) is 11.9 Å². The van der Waals surface area contributed by atoms with Gasteiger partial charge in [-0.25, -0.2) is 18.2 Å². The lowest BCUT2D eigenvalue weighted by Crippen LogP contribution is -2.61. The smallest absolute Gasteiger partial charge is 0.407 e. The van der Waals surface area contributed by atoms with Gasteiger partial charge in [0, 0.05) is 23.9 Å². The summed E-state index contributed by atoms with van der Waals surface area (Å²) >= 11 is 0. The Labute approximate surface area is 291 Å². The number of aromatic nitrogens is 1. The average Bonchev–Trinajstić information content (AvgIpc) is 3.98. The fourth-order valence-electron chi connectivity index (χ4n) is 6.78. The highest BCUT2D eigenvalue weighted by atomic mass is 32.2. The SMILES string of the molecule is C=C[C@@H]1C[C@]1(NC(=O)[C@@H]1C[C@H]2Oc3nccc4ccc(cc34)CCCCCOC(=O)N[C@@H](C(C)(C)C)C(=O)N1C2O)C(=O)NS(=O)(=O)C1CC1. The van der Waals surface area contributed by atoms with E-state index in [1.54, 1.807) is 27.0 Å². The Morgan fingerprint density at radius 3 is 2.60 bits per heavy atom. The molecule has 14 nitrogen and oxygen atoms in total. The van der Waals surface area contributed by atoms with E-state index in [0.29, 0.717) is 24.6 Å². The van der Waals surface area contributed by atoms with Crippen LogP contribution in [0.25, 0.3) is 10.8 Å². The Kier molecular flexibility index (Phi) is 9.59. The van der Waals surface area contributed by atoms with Gasteiger partial charge in [0.25, 0.3) is 5.91 Å². The molecule has 2 aromatic rings. The fraction of sp³-hybridized carbons (Fsp3) is 0.571. The zero-order chi connectivity index (χ0) is 36.0. The van der Waals surface area contributed by atoms with E-state index in [-0.39, 0.29) is 25.3 Å². The van der Waals surface area contributed by atoms with Gasteiger partial charge in [0.2, 0.25) is 27.7 Å². The molecule has 0 radical (unpaired) electrons. The van der Waals surface area contributed by atoms with E-state index in [1.165, 1.54) is 6.08 Å². The summed E-state index contributed by atoms with van der Waals surface area (Å²) in [5.74, 6) is -2.82. The molecule has 4 amide bonds. The third-order valence-corrected chi connectivity index (χ3v) is 11.8. The van der Waals surface area contributed by atoms with Gasteiger partial charge in [-0.05, 0) is 73.4 Å². The maximum Gasteiger partial charge on any atom is 0.407 e. The number of pyridine rings is 1. The number of aliphatic hydroxyl groups is 1. The molecule has 4 N–H and O–H groups in total. The second-order valence-electron chi connectivity index (χ2n) is 14.8. The highest BCUT2D eigenvalue weighted by molar-refractivity contribution is 7.91. The number of nitrogens with one attached hydrogen (secondary N) is 3. The number of carbonyl (C=O) groups excluding carboxylic acids is 4. The molecule has 3 fully saturated rings. The number of hydrogen-bond donors (Lipinski definition) is 4. The third-order valence-electron chi connectivity index (χ3n) is 9.99. The molecule has 270 valence electrons. The van der Waals surface area contributed by atoms with Crippen LogP contribution in [0.5, 0.6) is 5.88 Å². The zero-order valence-corrected chi connectivity index (χ0v) is 29.3. The van der Waals surface area contributed by atoms with Gasteiger partial charge in [-0.15, -0.1) is 6.58 Å². The lowest BCUT2D eigenvalue weighted by atomic mass is 9.85. The summed E-state index contributed by atoms with van der Waals surface area (Å²) in [6, 6.07) is 5.16. The number of ether oxygens (including phenoxy) is 2. The standard InChI is InChI=1S/C35H45N5O9S/c1-5-22-19-35(22,32(44)39-50(46,47)23-12-13-23)38-28(41)25-18-26-30(42)40(25)31(43)27(34(2,3)4)37-33(45)48-16-8-6-7-9-20-10-11-21-14-15-36-29(49-26)24(21)17-20/h5,10-11,14-15,17,22-23,25-27,30,42H,1,6-9,12-13,16,18-19H2,2-4H3,(H,37,45)(H,38,41)(H,39,44)/t22-,25+,26-,27-,30?,35-/m1/s1. The molecule has 1 unspecified atom stereocenters. The quantitative estimate of drug-likeness (QED) is 0.324. The molecular weight excluding hydrogens is 666 g/mol. The number of alkyl carbamates (subject to hydrolysis) is 1. The Balaban J connectivity index is 1.35. The van der Waals surface area contributed by atoms with Crippen LogP contribution in [0.1, 0.15) is 71.3 Å². The van der Waals surface area contributed by atoms with Crippen molar-refractivity contribution in [1.82, 2.24) is 25.2 Å². The van der Waals surface area contributed by atoms with Gasteiger partial charge < -0.3 is 25.2 Å². The van der Waals surface area contributed by atoms with Crippen LogP contribution in [0, 0.1) is 11.3 Å². The minimum absolute atomic E-state index is 0.0949. The predicted molar refractivity (Wildman–Crippen MR) is 182 cm³/mol. The third kappa shape index (κ3) is 7.15. The van der Waals surface area contributed by atoms with Crippen LogP contribution in [-0.2, 0) is 35.6 Å². The van der Waals surface area contributed by atoms with Crippen LogP contribution in [0.3, 0.4) is 0 Å². The fourth-order valence-corrected chi connectivity index (χ4v) is 8.14. The molecule has 2 saturated carbocycles. The van der Waals surface area contributed by atoms with Crippen molar-refractivity contribution < 1.29 is 42.2 Å². The first kappa shape index (κ1) is 35.6. The van der Waals surface area contributed by atoms with E-state index in [4.69, 9.17) is 9.47 Å². The van der Waals surface area contributed by atoms with E-state index >= 15 is 0 Å². The molecule has 1 aromatic carbocycles. The van der Waals surface area contributed by atoms with Crippen LogP contribution in [-0.4, -0.2) is 89.0 Å². The lowest BCUT2D eigenvalue weighted by molar-refractivity contribution is -0.153. The maximum absolute atomic E-state index is 14.4. The number of aliphatic hydroxyl groups excluding tert-OH is 1. The molecule has 6 rings (SSSR count). The number of sulfonamides is 1. The van der Waals surface area contributed by atoms with Gasteiger partial charge in [0.15, 0.2) is 6.23 Å². The Morgan fingerprint density at radius 2 is 1.92 bits per heavy atom. The number of cyclic esters (lactones) is 1. The van der Waals surface area contributed by atoms with Crippen molar-refractivity contribution >= 4 is 44.6 Å². The summed E-state index contributed by atoms with van der Waals surface area (Å²) in [5.41, 5.74) is -1.48. The molecule has 50 heavy (non-hydrogen) atoms. The van der Waals surface area contributed by atoms with Crippen molar-refractivity contribution in [3.63, 3.8) is 0 Å². The van der Waals surface area contributed by atoms with Gasteiger partial charge in [-0.3, -0.25) is 24.0 Å². The molecule has 2 aliphatic heterocycles. The van der Waals surface area contributed by atoms with Crippen molar-refractivity contribution in [3.8, 4) is 5.88 Å². The summed E-state index contributed by atoms with van der Waals surface area (Å²) in [4.78, 5) is 60.4. The van der Waals surface area contributed by atoms with Gasteiger partial charge in [0.1, 0.15) is 23.7 Å². The van der Waals surface area contributed by atoms with E-state index in [1.807, 2.05) is 24.3 Å². The van der Waals surface area contributed by atoms with Crippen molar-refractivity contribution in [1.29, 1.82) is 0 Å². The van der Waals surface area contributed by atoms with E-state index in [2.05, 4.69) is 26.9 Å². The van der Waals surface area contributed by atoms with E-state index < -0.39 is 80.4 Å². The van der Waals surface area contributed by atoms with Gasteiger partial charge in [-0.1, -0.05) is 39.0 Å². The molecule has 4 bridgehead atoms. The highest BCUT2D eigenvalue weighted by Crippen LogP contribution is 2.46. The first-order valence-electron chi connectivity index (χ1n) is 17.1. The number of benzene rings is 1. The minimum atomic E-state index is -3.93. The van der Waals surface area contributed by atoms with E-state index in [0.717, 1.165) is 35.1 Å². The molecule has 3 heterocycles. The maximum atomic E-state index is 14.4. The number of carbonyl (C=O) groups is 4. The second-order valence-corrected chi connectivity index (χ2v) is 16.8. The van der Waals surface area contributed by atoms with Gasteiger partial charge in [-0.2, -0.15) is 0 Å². The van der Waals surface area contributed by atoms with Crippen molar-refractivity contribution in [3.05, 3.63) is 48.7 Å². The predicted octanol–water partition coefficient (Wildman–Crippen LogP) is 2.44. The normalized spacial score (nSPS) is 29.2. The molecular formula is C35H45N5O9S. The topological polar surface area (TPSA) is 193 Å². The highest BCUT2D eigenvalue weighted by Gasteiger charge is 2.62. The van der Waals surface area contributed by atoms with Gasteiger partial charge >= 0.3 is 6.09 Å². The van der Waals surface area contributed by atoms with Crippen molar-refractivity contribution in [2.24, 2.45) is 11.3 Å². The largest absolute Gasteiger partial charge is 0.469 e. The number of hydrogen-bond acceptors (Lipinski definition) is 10. The Hall–Kier alpha value is -4.24. The molecule has 15 heteroatoms. The first-order valence-corrected chi connectivity index (χ1v) is 18.7. The molecule has 0 spiro atoms. The van der Waals surface area contributed by atoms with Crippen molar-refractivity contribution in [2.45, 2.75) is 107 Å². The summed E-state index contributed by atoms with van der Waals surface area (Å²) in [6.07, 6.45) is 3.22. The number of rotatable bonds is 6. The number of amides is 4.